The van der Waals surface area contributed by atoms with Crippen LogP contribution in [0.3, 0.4) is 0 Å². The normalized spacial score (nSPS) is 18.4. The average molecular weight is 472 g/mol. The number of ether oxygens (including phenoxy) is 1. The number of hydrogen-bond acceptors (Lipinski definition) is 5. The van der Waals surface area contributed by atoms with Crippen LogP contribution in [0.2, 0.25) is 0 Å². The van der Waals surface area contributed by atoms with Gasteiger partial charge >= 0.3 is 0 Å². The van der Waals surface area contributed by atoms with E-state index in [0.717, 1.165) is 35.7 Å². The molecular weight excluding hydrogens is 438 g/mol. The van der Waals surface area contributed by atoms with Gasteiger partial charge in [0.2, 0.25) is 15.9 Å². The van der Waals surface area contributed by atoms with E-state index < -0.39 is 10.0 Å². The fourth-order valence-corrected chi connectivity index (χ4v) is 6.34. The molecule has 2 heterocycles. The second kappa shape index (κ2) is 10.1. The van der Waals surface area contributed by atoms with E-state index in [1.807, 2.05) is 60.4 Å². The maximum atomic E-state index is 13.1. The molecule has 33 heavy (non-hydrogen) atoms. The average Bonchev–Trinajstić information content (AvgIpc) is 2.85. The van der Waals surface area contributed by atoms with Crippen molar-refractivity contribution in [3.05, 3.63) is 59.7 Å². The molecule has 0 N–H and O–H groups in total. The Labute approximate surface area is 197 Å². The van der Waals surface area contributed by atoms with Crippen molar-refractivity contribution < 1.29 is 17.9 Å². The summed E-state index contributed by atoms with van der Waals surface area (Å²) >= 11 is 0. The van der Waals surface area contributed by atoms with E-state index in [1.54, 1.807) is 11.4 Å². The number of nitrogens with zero attached hydrogens (tertiary/aromatic N) is 3. The lowest BCUT2D eigenvalue weighted by molar-refractivity contribution is -0.137. The molecule has 2 saturated heterocycles. The van der Waals surface area contributed by atoms with Gasteiger partial charge < -0.3 is 14.5 Å². The number of amides is 1. The van der Waals surface area contributed by atoms with E-state index >= 15 is 0 Å². The summed E-state index contributed by atoms with van der Waals surface area (Å²) in [6.07, 6.45) is 1.18. The molecule has 0 bridgehead atoms. The summed E-state index contributed by atoms with van der Waals surface area (Å²) in [5.41, 5.74) is 2.96. The second-order valence-electron chi connectivity index (χ2n) is 8.87. The lowest BCUT2D eigenvalue weighted by Crippen LogP contribution is -2.52. The van der Waals surface area contributed by atoms with E-state index in [2.05, 4.69) is 4.90 Å². The highest BCUT2D eigenvalue weighted by atomic mass is 32.2. The summed E-state index contributed by atoms with van der Waals surface area (Å²) < 4.78 is 32.6. The highest BCUT2D eigenvalue weighted by Crippen LogP contribution is 2.26. The van der Waals surface area contributed by atoms with Crippen molar-refractivity contribution in [1.82, 2.24) is 9.21 Å². The smallest absolute Gasteiger partial charge is 0.225 e. The number of piperazine rings is 1. The first kappa shape index (κ1) is 23.6. The highest BCUT2D eigenvalue weighted by Gasteiger charge is 2.34. The van der Waals surface area contributed by atoms with Gasteiger partial charge in [-0.15, -0.1) is 0 Å². The zero-order chi connectivity index (χ0) is 23.4. The van der Waals surface area contributed by atoms with Crippen LogP contribution >= 0.6 is 0 Å². The Balaban J connectivity index is 1.27. The Kier molecular flexibility index (Phi) is 7.24. The number of sulfonamides is 1. The SMILES string of the molecule is COc1ccc(N2CCN(C(=O)C3CCN(S(=O)(=O)Cc4ccccc4C)CC3)CC2)cc1. The van der Waals surface area contributed by atoms with Crippen LogP contribution < -0.4 is 9.64 Å². The number of piperidine rings is 1. The first-order valence-electron chi connectivity index (χ1n) is 11.6. The summed E-state index contributed by atoms with van der Waals surface area (Å²) in [6.45, 7) is 5.73. The van der Waals surface area contributed by atoms with Crippen LogP contribution in [-0.2, 0) is 20.6 Å². The lowest BCUT2D eigenvalue weighted by Gasteiger charge is -2.39. The molecule has 0 aliphatic carbocycles. The number of carbonyl (C=O) groups is 1. The molecule has 4 rings (SSSR count). The first-order chi connectivity index (χ1) is 15.9. The van der Waals surface area contributed by atoms with Crippen molar-refractivity contribution in [3.8, 4) is 5.75 Å². The van der Waals surface area contributed by atoms with Crippen LogP contribution in [0.5, 0.6) is 5.75 Å². The van der Waals surface area contributed by atoms with Crippen LogP contribution in [-0.4, -0.2) is 69.9 Å². The molecule has 1 amide bonds. The monoisotopic (exact) mass is 471 g/mol. The molecule has 178 valence electrons. The molecule has 2 aliphatic rings. The van der Waals surface area contributed by atoms with Crippen LogP contribution in [0.1, 0.15) is 24.0 Å². The van der Waals surface area contributed by atoms with Crippen LogP contribution in [0, 0.1) is 12.8 Å². The van der Waals surface area contributed by atoms with Crippen molar-refractivity contribution in [2.45, 2.75) is 25.5 Å². The van der Waals surface area contributed by atoms with Gasteiger partial charge in [0, 0.05) is 50.9 Å². The highest BCUT2D eigenvalue weighted by molar-refractivity contribution is 7.88. The van der Waals surface area contributed by atoms with Crippen molar-refractivity contribution in [2.75, 3.05) is 51.3 Å². The van der Waals surface area contributed by atoms with Gasteiger partial charge in [0.15, 0.2) is 0 Å². The quantitative estimate of drug-likeness (QED) is 0.648. The van der Waals surface area contributed by atoms with Crippen molar-refractivity contribution in [1.29, 1.82) is 0 Å². The molecule has 8 heteroatoms. The predicted molar refractivity (Wildman–Crippen MR) is 130 cm³/mol. The zero-order valence-corrected chi connectivity index (χ0v) is 20.3. The number of methoxy groups -OCH3 is 1. The molecule has 0 unspecified atom stereocenters. The third kappa shape index (κ3) is 5.50. The van der Waals surface area contributed by atoms with Crippen molar-refractivity contribution in [3.63, 3.8) is 0 Å². The molecule has 0 spiro atoms. The van der Waals surface area contributed by atoms with E-state index in [1.165, 1.54) is 0 Å². The van der Waals surface area contributed by atoms with Crippen LogP contribution in [0.25, 0.3) is 0 Å². The van der Waals surface area contributed by atoms with E-state index in [4.69, 9.17) is 4.74 Å². The second-order valence-corrected chi connectivity index (χ2v) is 10.8. The maximum Gasteiger partial charge on any atom is 0.225 e. The van der Waals surface area contributed by atoms with Crippen LogP contribution in [0.4, 0.5) is 5.69 Å². The Morgan fingerprint density at radius 1 is 0.939 bits per heavy atom. The first-order valence-corrected chi connectivity index (χ1v) is 13.2. The third-order valence-corrected chi connectivity index (χ3v) is 8.65. The molecule has 2 aliphatic heterocycles. The number of benzene rings is 2. The minimum atomic E-state index is -3.38. The summed E-state index contributed by atoms with van der Waals surface area (Å²) in [6, 6.07) is 15.6. The van der Waals surface area contributed by atoms with Crippen molar-refractivity contribution >= 4 is 21.6 Å². The number of hydrogen-bond donors (Lipinski definition) is 0. The minimum Gasteiger partial charge on any atom is -0.497 e. The van der Waals surface area contributed by atoms with Gasteiger partial charge in [-0.3, -0.25) is 4.79 Å². The lowest BCUT2D eigenvalue weighted by atomic mass is 9.96. The largest absolute Gasteiger partial charge is 0.497 e. The Bertz CT molecular complexity index is 1060. The van der Waals surface area contributed by atoms with E-state index in [-0.39, 0.29) is 17.6 Å². The summed E-state index contributed by atoms with van der Waals surface area (Å²) in [7, 11) is -1.73. The molecular formula is C25H33N3O4S. The van der Waals surface area contributed by atoms with E-state index in [0.29, 0.717) is 39.0 Å². The summed E-state index contributed by atoms with van der Waals surface area (Å²) in [5, 5.41) is 0. The standard InChI is InChI=1S/C25H33N3O4S/c1-20-5-3-4-6-22(20)19-33(30,31)28-13-11-21(12-14-28)25(29)27-17-15-26(16-18-27)23-7-9-24(32-2)10-8-23/h3-10,21H,11-19H2,1-2H3. The van der Waals surface area contributed by atoms with Crippen molar-refractivity contribution in [2.24, 2.45) is 5.92 Å². The molecule has 2 aromatic rings. The molecule has 0 radical (unpaired) electrons. The van der Waals surface area contributed by atoms with Gasteiger partial charge in [-0.1, -0.05) is 24.3 Å². The Morgan fingerprint density at radius 2 is 1.58 bits per heavy atom. The summed E-state index contributed by atoms with van der Waals surface area (Å²) in [5.74, 6) is 0.925. The molecule has 0 atom stereocenters. The van der Waals surface area contributed by atoms with Crippen LogP contribution in [0.15, 0.2) is 48.5 Å². The summed E-state index contributed by atoms with van der Waals surface area (Å²) in [4.78, 5) is 17.3. The predicted octanol–water partition coefficient (Wildman–Crippen LogP) is 2.89. The van der Waals surface area contributed by atoms with Gasteiger partial charge in [-0.05, 0) is 55.2 Å². The fraction of sp³-hybridized carbons (Fsp3) is 0.480. The molecule has 2 fully saturated rings. The van der Waals surface area contributed by atoms with E-state index in [9.17, 15) is 13.2 Å². The number of anilines is 1. The molecule has 2 aromatic carbocycles. The van der Waals surface area contributed by atoms with Gasteiger partial charge in [0.1, 0.15) is 5.75 Å². The Morgan fingerprint density at radius 3 is 2.18 bits per heavy atom. The van der Waals surface area contributed by atoms with Gasteiger partial charge in [-0.25, -0.2) is 12.7 Å². The number of aryl methyl sites for hydroxylation is 1. The third-order valence-electron chi connectivity index (χ3n) is 6.82. The zero-order valence-electron chi connectivity index (χ0n) is 19.4. The maximum absolute atomic E-state index is 13.1. The Hall–Kier alpha value is -2.58. The fourth-order valence-electron chi connectivity index (χ4n) is 4.68. The number of carbonyl (C=O) groups excluding carboxylic acids is 1. The topological polar surface area (TPSA) is 70.2 Å². The van der Waals surface area contributed by atoms with Gasteiger partial charge in [-0.2, -0.15) is 0 Å². The molecule has 0 aromatic heterocycles. The van der Waals surface area contributed by atoms with Gasteiger partial charge in [0.25, 0.3) is 0 Å². The molecule has 0 saturated carbocycles. The molecule has 7 nitrogen and oxygen atoms in total. The van der Waals surface area contributed by atoms with Gasteiger partial charge in [0.05, 0.1) is 12.9 Å². The minimum absolute atomic E-state index is 0.0195. The number of rotatable bonds is 6.